The van der Waals surface area contributed by atoms with Crippen LogP contribution in [0.4, 0.5) is 11.5 Å². The highest BCUT2D eigenvalue weighted by Crippen LogP contribution is 2.34. The lowest BCUT2D eigenvalue weighted by Gasteiger charge is -2.26. The minimum atomic E-state index is -0.169. The summed E-state index contributed by atoms with van der Waals surface area (Å²) in [5.41, 5.74) is 2.85. The van der Waals surface area contributed by atoms with Crippen LogP contribution in [0.15, 0.2) is 30.5 Å². The Morgan fingerprint density at radius 1 is 1.00 bits per heavy atom. The van der Waals surface area contributed by atoms with Crippen molar-refractivity contribution in [1.29, 1.82) is 0 Å². The molecule has 0 atom stereocenters. The van der Waals surface area contributed by atoms with E-state index in [1.807, 2.05) is 18.2 Å². The zero-order chi connectivity index (χ0) is 20.9. The van der Waals surface area contributed by atoms with Crippen molar-refractivity contribution in [2.75, 3.05) is 30.4 Å². The minimum Gasteiger partial charge on any atom is -0.393 e. The molecule has 1 saturated carbocycles. The monoisotopic (exact) mass is 449 g/mol. The number of anilines is 2. The van der Waals surface area contributed by atoms with Gasteiger partial charge in [-0.2, -0.15) is 0 Å². The Morgan fingerprint density at radius 2 is 1.77 bits per heavy atom. The molecule has 1 aliphatic carbocycles. The maximum absolute atomic E-state index is 9.71. The number of rotatable bonds is 6. The van der Waals surface area contributed by atoms with E-state index in [0.29, 0.717) is 22.0 Å². The van der Waals surface area contributed by atoms with Crippen LogP contribution >= 0.6 is 23.2 Å². The van der Waals surface area contributed by atoms with E-state index in [9.17, 15) is 5.11 Å². The number of aliphatic hydroxyl groups is 1. The van der Waals surface area contributed by atoms with Crippen LogP contribution in [0, 0.1) is 5.92 Å². The molecule has 30 heavy (non-hydrogen) atoms. The molecule has 0 spiro atoms. The number of halogens is 2. The van der Waals surface area contributed by atoms with Gasteiger partial charge in [0.15, 0.2) is 0 Å². The number of nitrogens with zero attached hydrogens (tertiary/aromatic N) is 1. The first-order chi connectivity index (χ1) is 14.6. The predicted octanol–water partition coefficient (Wildman–Crippen LogP) is 5.61. The third-order valence-electron chi connectivity index (χ3n) is 6.10. The number of aromatic nitrogens is 1. The van der Waals surface area contributed by atoms with Gasteiger partial charge in [-0.1, -0.05) is 29.3 Å². The Balaban J connectivity index is 1.48. The fourth-order valence-corrected chi connectivity index (χ4v) is 4.60. The summed E-state index contributed by atoms with van der Waals surface area (Å²) >= 11 is 12.9. The van der Waals surface area contributed by atoms with E-state index < -0.39 is 0 Å². The van der Waals surface area contributed by atoms with Gasteiger partial charge in [-0.05, 0) is 68.2 Å². The Hall–Kier alpha value is -1.53. The summed E-state index contributed by atoms with van der Waals surface area (Å²) in [7, 11) is 0. The van der Waals surface area contributed by atoms with Gasteiger partial charge in [0, 0.05) is 37.6 Å². The Kier molecular flexibility index (Phi) is 7.37. The number of pyridine rings is 1. The van der Waals surface area contributed by atoms with Gasteiger partial charge in [0.1, 0.15) is 5.82 Å². The quantitative estimate of drug-likeness (QED) is 0.534. The largest absolute Gasteiger partial charge is 0.393 e. The molecule has 2 aromatic rings. The van der Waals surface area contributed by atoms with Gasteiger partial charge in [0.05, 0.1) is 21.8 Å². The van der Waals surface area contributed by atoms with E-state index in [1.54, 1.807) is 6.20 Å². The fraction of sp³-hybridized carbons (Fsp3) is 0.522. The molecule has 0 bridgehead atoms. The molecule has 2 heterocycles. The van der Waals surface area contributed by atoms with Crippen LogP contribution in [-0.2, 0) is 4.74 Å². The molecular weight excluding hydrogens is 421 g/mol. The average molecular weight is 450 g/mol. The highest BCUT2D eigenvalue weighted by molar-refractivity contribution is 6.34. The van der Waals surface area contributed by atoms with Crippen LogP contribution in [0.1, 0.15) is 38.5 Å². The molecule has 1 aromatic carbocycles. The highest BCUT2D eigenvalue weighted by atomic mass is 35.5. The zero-order valence-corrected chi connectivity index (χ0v) is 18.6. The van der Waals surface area contributed by atoms with E-state index in [0.717, 1.165) is 80.9 Å². The summed E-state index contributed by atoms with van der Waals surface area (Å²) in [5.74, 6) is 1.41. The molecule has 0 radical (unpaired) electrons. The smallest absolute Gasteiger partial charge is 0.126 e. The van der Waals surface area contributed by atoms with Crippen molar-refractivity contribution in [1.82, 2.24) is 4.98 Å². The van der Waals surface area contributed by atoms with Gasteiger partial charge < -0.3 is 20.5 Å². The summed E-state index contributed by atoms with van der Waals surface area (Å²) < 4.78 is 5.44. The molecule has 4 rings (SSSR count). The summed E-state index contributed by atoms with van der Waals surface area (Å²) in [6, 6.07) is 8.29. The third kappa shape index (κ3) is 5.58. The third-order valence-corrected chi connectivity index (χ3v) is 6.73. The number of hydrogen-bond acceptors (Lipinski definition) is 5. The number of hydrogen-bond donors (Lipinski definition) is 3. The molecule has 1 aromatic heterocycles. The molecule has 7 heteroatoms. The van der Waals surface area contributed by atoms with E-state index in [-0.39, 0.29) is 6.10 Å². The van der Waals surface area contributed by atoms with Crippen LogP contribution in [0.2, 0.25) is 10.0 Å². The predicted molar refractivity (Wildman–Crippen MR) is 124 cm³/mol. The molecule has 1 saturated heterocycles. The van der Waals surface area contributed by atoms with Crippen molar-refractivity contribution in [2.45, 2.75) is 50.7 Å². The SMILES string of the molecule is O[C@H]1CC[C@H](Nc2cc(-c3ccc(Cl)c(NCC4CCOCC4)c3)c(Cl)cn2)CC1. The van der Waals surface area contributed by atoms with Gasteiger partial charge >= 0.3 is 0 Å². The van der Waals surface area contributed by atoms with Gasteiger partial charge in [-0.3, -0.25) is 0 Å². The van der Waals surface area contributed by atoms with Crippen LogP contribution in [-0.4, -0.2) is 42.0 Å². The second-order valence-electron chi connectivity index (χ2n) is 8.33. The number of nitrogens with one attached hydrogen (secondary N) is 2. The number of aliphatic hydroxyl groups excluding tert-OH is 1. The first-order valence-corrected chi connectivity index (χ1v) is 11.6. The maximum Gasteiger partial charge on any atom is 0.126 e. The van der Waals surface area contributed by atoms with E-state index >= 15 is 0 Å². The molecule has 0 unspecified atom stereocenters. The molecule has 2 aliphatic rings. The lowest BCUT2D eigenvalue weighted by Crippen LogP contribution is -2.28. The summed E-state index contributed by atoms with van der Waals surface area (Å²) in [6.07, 6.45) is 7.24. The average Bonchev–Trinajstić information content (AvgIpc) is 2.77. The minimum absolute atomic E-state index is 0.169. The van der Waals surface area contributed by atoms with Crippen molar-refractivity contribution < 1.29 is 9.84 Å². The Labute approximate surface area is 188 Å². The topological polar surface area (TPSA) is 66.4 Å². The number of benzene rings is 1. The van der Waals surface area contributed by atoms with Crippen molar-refractivity contribution in [3.63, 3.8) is 0 Å². The zero-order valence-electron chi connectivity index (χ0n) is 17.0. The molecular formula is C23H29Cl2N3O2. The standard InChI is InChI=1S/C23H29Cl2N3O2/c24-20-6-1-16(11-22(20)26-13-15-7-9-30-10-8-15)19-12-23(27-14-21(19)25)28-17-2-4-18(29)5-3-17/h1,6,11-12,14-15,17-18,26,29H,2-5,7-10,13H2,(H,27,28)/t17-,18-. The molecule has 162 valence electrons. The van der Waals surface area contributed by atoms with Gasteiger partial charge in [0.25, 0.3) is 0 Å². The van der Waals surface area contributed by atoms with Crippen molar-refractivity contribution in [3.05, 3.63) is 40.5 Å². The molecule has 1 aliphatic heterocycles. The summed E-state index contributed by atoms with van der Waals surface area (Å²) in [5, 5.41) is 18.0. The normalized spacial score (nSPS) is 22.6. The number of ether oxygens (including phenoxy) is 1. The van der Waals surface area contributed by atoms with Gasteiger partial charge in [-0.15, -0.1) is 0 Å². The van der Waals surface area contributed by atoms with Crippen molar-refractivity contribution >= 4 is 34.7 Å². The molecule has 2 fully saturated rings. The van der Waals surface area contributed by atoms with Crippen molar-refractivity contribution in [2.24, 2.45) is 5.92 Å². The summed E-state index contributed by atoms with van der Waals surface area (Å²) in [6.45, 7) is 2.56. The lowest BCUT2D eigenvalue weighted by molar-refractivity contribution is 0.0699. The summed E-state index contributed by atoms with van der Waals surface area (Å²) in [4.78, 5) is 4.46. The highest BCUT2D eigenvalue weighted by Gasteiger charge is 2.20. The molecule has 5 nitrogen and oxygen atoms in total. The van der Waals surface area contributed by atoms with Crippen LogP contribution in [0.5, 0.6) is 0 Å². The lowest BCUT2D eigenvalue weighted by atomic mass is 9.93. The maximum atomic E-state index is 9.71. The molecule has 0 amide bonds. The first kappa shape index (κ1) is 21.7. The van der Waals surface area contributed by atoms with Gasteiger partial charge in [0.2, 0.25) is 0 Å². The van der Waals surface area contributed by atoms with Crippen molar-refractivity contribution in [3.8, 4) is 11.1 Å². The second-order valence-corrected chi connectivity index (χ2v) is 9.14. The van der Waals surface area contributed by atoms with Crippen LogP contribution in [0.25, 0.3) is 11.1 Å². The fourth-order valence-electron chi connectivity index (χ4n) is 4.20. The van der Waals surface area contributed by atoms with Crippen LogP contribution < -0.4 is 10.6 Å². The van der Waals surface area contributed by atoms with Crippen LogP contribution in [0.3, 0.4) is 0 Å². The van der Waals surface area contributed by atoms with Gasteiger partial charge in [-0.25, -0.2) is 4.98 Å². The first-order valence-electron chi connectivity index (χ1n) is 10.8. The second kappa shape index (κ2) is 10.2. The Morgan fingerprint density at radius 3 is 2.53 bits per heavy atom. The van der Waals surface area contributed by atoms with E-state index in [1.165, 1.54) is 0 Å². The van der Waals surface area contributed by atoms with E-state index in [4.69, 9.17) is 27.9 Å². The Bertz CT molecular complexity index is 850. The molecule has 3 N–H and O–H groups in total. The van der Waals surface area contributed by atoms with E-state index in [2.05, 4.69) is 21.7 Å².